The molecule has 0 aromatic heterocycles. The van der Waals surface area contributed by atoms with E-state index in [0.29, 0.717) is 0 Å². The fourth-order valence-electron chi connectivity index (χ4n) is 0. The van der Waals surface area contributed by atoms with Crippen LogP contribution in [0.25, 0.3) is 0 Å². The van der Waals surface area contributed by atoms with Gasteiger partial charge in [-0.15, -0.1) is 0 Å². The van der Waals surface area contributed by atoms with Crippen LogP contribution in [-0.4, -0.2) is 0 Å². The van der Waals surface area contributed by atoms with Crippen LogP contribution in [0, 0.1) is 6.92 Å². The van der Waals surface area contributed by atoms with Crippen molar-refractivity contribution in [2.45, 2.75) is 19.8 Å². The van der Waals surface area contributed by atoms with Crippen LogP contribution < -0.4 is 0 Å². The summed E-state index contributed by atoms with van der Waals surface area (Å²) in [6.07, 6.45) is 2.28. The molecule has 0 bridgehead atoms. The summed E-state index contributed by atoms with van der Waals surface area (Å²) < 4.78 is 0. The minimum Gasteiger partial charge on any atom is -0.0613 e. The minimum absolute atomic E-state index is 1.07. The van der Waals surface area contributed by atoms with E-state index in [0.717, 1.165) is 6.42 Å². The van der Waals surface area contributed by atoms with Crippen molar-refractivity contribution in [1.29, 1.82) is 0 Å². The SMILES string of the molecule is [CH2+]CCC. The van der Waals surface area contributed by atoms with Gasteiger partial charge in [0.05, 0.1) is 13.3 Å². The summed E-state index contributed by atoms with van der Waals surface area (Å²) in [6, 6.07) is 0. The summed E-state index contributed by atoms with van der Waals surface area (Å²) in [4.78, 5) is 0. The Morgan fingerprint density at radius 3 is 2.00 bits per heavy atom. The van der Waals surface area contributed by atoms with Crippen molar-refractivity contribution in [2.24, 2.45) is 0 Å². The molecule has 0 spiro atoms. The first kappa shape index (κ1) is 3.87. The Bertz CT molecular complexity index is 2.00. The van der Waals surface area contributed by atoms with Gasteiger partial charge in [0.1, 0.15) is 0 Å². The fourth-order valence-corrected chi connectivity index (χ4v) is 0. The molecule has 4 heavy (non-hydrogen) atoms. The van der Waals surface area contributed by atoms with Crippen molar-refractivity contribution >= 4 is 0 Å². The van der Waals surface area contributed by atoms with Crippen LogP contribution in [0.1, 0.15) is 19.8 Å². The third-order valence-electron chi connectivity index (χ3n) is 0.354. The Balaban J connectivity index is 1.97. The number of unbranched alkanes of at least 4 members (excludes halogenated alkanes) is 1. The molecular formula is C4H9+. The van der Waals surface area contributed by atoms with Crippen LogP contribution in [0.3, 0.4) is 0 Å². The Morgan fingerprint density at radius 2 is 2.00 bits per heavy atom. The van der Waals surface area contributed by atoms with Gasteiger partial charge in [-0.05, 0) is 6.42 Å². The summed E-state index contributed by atoms with van der Waals surface area (Å²) >= 11 is 0. The average Bonchev–Trinajstić information content (AvgIpc) is 1.37. The summed E-state index contributed by atoms with van der Waals surface area (Å²) in [6.45, 7) is 5.72. The predicted octanol–water partition coefficient (Wildman–Crippen LogP) is 1.62. The molecule has 0 aliphatic rings. The molecule has 0 rings (SSSR count). The molecule has 0 saturated carbocycles. The highest BCUT2D eigenvalue weighted by atomic mass is 13.6. The Labute approximate surface area is 27.8 Å². The van der Waals surface area contributed by atoms with E-state index in [1.807, 2.05) is 0 Å². The van der Waals surface area contributed by atoms with Crippen LogP contribution in [0.2, 0.25) is 0 Å². The predicted molar refractivity (Wildman–Crippen MR) is 20.3 cm³/mol. The van der Waals surface area contributed by atoms with Crippen LogP contribution >= 0.6 is 0 Å². The summed E-state index contributed by atoms with van der Waals surface area (Å²) in [5.74, 6) is 0. The Hall–Kier alpha value is -0.130. The zero-order valence-corrected chi connectivity index (χ0v) is 3.12. The zero-order chi connectivity index (χ0) is 3.41. The third kappa shape index (κ3) is 1.87. The first-order valence-corrected chi connectivity index (χ1v) is 1.71. The summed E-state index contributed by atoms with van der Waals surface area (Å²) in [5, 5.41) is 0. The monoisotopic (exact) mass is 57.1 g/mol. The fraction of sp³-hybridized carbons (Fsp3) is 0.750. The van der Waals surface area contributed by atoms with Crippen molar-refractivity contribution < 1.29 is 0 Å². The maximum Gasteiger partial charge on any atom is 0.0848 e. The molecular weight excluding hydrogens is 48.0 g/mol. The summed E-state index contributed by atoms with van der Waals surface area (Å²) in [7, 11) is 0. The smallest absolute Gasteiger partial charge is 0.0613 e. The standard InChI is InChI=1S/C4H9/c1-3-4-2/h1,3-4H2,2H3/q+1. The highest BCUT2D eigenvalue weighted by Crippen LogP contribution is 1.75. The zero-order valence-electron chi connectivity index (χ0n) is 3.12. The van der Waals surface area contributed by atoms with Gasteiger partial charge >= 0.3 is 0 Å². The lowest BCUT2D eigenvalue weighted by atomic mass is 10.4. The number of rotatable bonds is 1. The second-order valence-corrected chi connectivity index (χ2v) is 0.854. The maximum absolute atomic E-state index is 3.60. The van der Waals surface area contributed by atoms with Gasteiger partial charge < -0.3 is 0 Å². The molecule has 0 fully saturated rings. The van der Waals surface area contributed by atoms with E-state index in [1.165, 1.54) is 6.42 Å². The lowest BCUT2D eigenvalue weighted by Crippen LogP contribution is -1.48. The van der Waals surface area contributed by atoms with Crippen molar-refractivity contribution in [3.05, 3.63) is 6.92 Å². The van der Waals surface area contributed by atoms with Crippen molar-refractivity contribution in [2.75, 3.05) is 0 Å². The topological polar surface area (TPSA) is 0 Å². The van der Waals surface area contributed by atoms with Gasteiger partial charge in [-0.2, -0.15) is 0 Å². The van der Waals surface area contributed by atoms with Crippen LogP contribution in [-0.2, 0) is 0 Å². The molecule has 24 valence electrons. The summed E-state index contributed by atoms with van der Waals surface area (Å²) in [5.41, 5.74) is 0. The average molecular weight is 57.1 g/mol. The normalized spacial score (nSPS) is 7.25. The van der Waals surface area contributed by atoms with Gasteiger partial charge in [0.15, 0.2) is 0 Å². The van der Waals surface area contributed by atoms with Gasteiger partial charge in [0.2, 0.25) is 0 Å². The molecule has 0 saturated heterocycles. The molecule has 0 heterocycles. The molecule has 0 atom stereocenters. The van der Waals surface area contributed by atoms with E-state index < -0.39 is 0 Å². The number of hydrogen-bond donors (Lipinski definition) is 0. The highest BCUT2D eigenvalue weighted by molar-refractivity contribution is 4.29. The molecule has 0 aliphatic carbocycles. The van der Waals surface area contributed by atoms with Gasteiger partial charge in [0, 0.05) is 0 Å². The third-order valence-corrected chi connectivity index (χ3v) is 0.354. The second kappa shape index (κ2) is 2.87. The van der Waals surface area contributed by atoms with Gasteiger partial charge in [-0.1, -0.05) is 6.92 Å². The van der Waals surface area contributed by atoms with E-state index in [4.69, 9.17) is 0 Å². The molecule has 0 radical (unpaired) electrons. The van der Waals surface area contributed by atoms with Gasteiger partial charge in [-0.25, -0.2) is 0 Å². The van der Waals surface area contributed by atoms with E-state index >= 15 is 0 Å². The van der Waals surface area contributed by atoms with Crippen LogP contribution in [0.5, 0.6) is 0 Å². The van der Waals surface area contributed by atoms with Crippen molar-refractivity contribution in [3.8, 4) is 0 Å². The quantitative estimate of drug-likeness (QED) is 0.401. The minimum atomic E-state index is 1.07. The van der Waals surface area contributed by atoms with Crippen molar-refractivity contribution in [3.63, 3.8) is 0 Å². The first-order chi connectivity index (χ1) is 1.91. The van der Waals surface area contributed by atoms with E-state index in [9.17, 15) is 0 Å². The largest absolute Gasteiger partial charge is 0.0848 e. The van der Waals surface area contributed by atoms with Gasteiger partial charge in [0.25, 0.3) is 0 Å². The lowest BCUT2D eigenvalue weighted by molar-refractivity contribution is 0.956. The molecule has 0 heteroatoms. The maximum atomic E-state index is 3.60. The first-order valence-electron chi connectivity index (χ1n) is 1.71. The second-order valence-electron chi connectivity index (χ2n) is 0.854. The van der Waals surface area contributed by atoms with E-state index in [1.54, 1.807) is 0 Å². The molecule has 0 unspecified atom stereocenters. The molecule has 0 aromatic rings. The molecule has 0 N–H and O–H groups in total. The van der Waals surface area contributed by atoms with E-state index in [-0.39, 0.29) is 0 Å². The molecule has 0 aliphatic heterocycles. The molecule has 0 amide bonds. The molecule has 0 aromatic carbocycles. The van der Waals surface area contributed by atoms with Gasteiger partial charge in [-0.3, -0.25) is 0 Å². The highest BCUT2D eigenvalue weighted by Gasteiger charge is 1.65. The molecule has 0 nitrogen and oxygen atoms in total. The van der Waals surface area contributed by atoms with E-state index in [2.05, 4.69) is 13.8 Å². The number of hydrogen-bond acceptors (Lipinski definition) is 0. The lowest BCUT2D eigenvalue weighted by Gasteiger charge is -1.60. The Morgan fingerprint density at radius 1 is 1.75 bits per heavy atom. The Kier molecular flexibility index (Phi) is 2.78. The van der Waals surface area contributed by atoms with Crippen molar-refractivity contribution in [1.82, 2.24) is 0 Å². The van der Waals surface area contributed by atoms with Crippen LogP contribution in [0.4, 0.5) is 0 Å². The van der Waals surface area contributed by atoms with Crippen LogP contribution in [0.15, 0.2) is 0 Å².